The van der Waals surface area contributed by atoms with Gasteiger partial charge in [0.1, 0.15) is 13.2 Å². The highest BCUT2D eigenvalue weighted by Crippen LogP contribution is 2.30. The Morgan fingerprint density at radius 2 is 1.91 bits per heavy atom. The third kappa shape index (κ3) is 3.28. The summed E-state index contributed by atoms with van der Waals surface area (Å²) in [5.74, 6) is 1.13. The van der Waals surface area contributed by atoms with Crippen LogP contribution >= 0.6 is 15.9 Å². The average Bonchev–Trinajstić information content (AvgIpc) is 2.55. The molecule has 2 aromatic rings. The normalized spacial score (nSPS) is 13.1. The molecule has 1 heterocycles. The lowest BCUT2D eigenvalue weighted by molar-refractivity contribution is 0.0954. The molecule has 2 aromatic carbocycles. The molecule has 0 radical (unpaired) electrons. The molecule has 5 nitrogen and oxygen atoms in total. The Balaban J connectivity index is 1.67. The summed E-state index contributed by atoms with van der Waals surface area (Å²) in [5.41, 5.74) is 3.84. The van der Waals surface area contributed by atoms with Crippen molar-refractivity contribution in [1.29, 1.82) is 0 Å². The van der Waals surface area contributed by atoms with Crippen LogP contribution < -0.4 is 14.9 Å². The van der Waals surface area contributed by atoms with Crippen molar-refractivity contribution in [3.63, 3.8) is 0 Å². The van der Waals surface area contributed by atoms with E-state index in [2.05, 4.69) is 26.5 Å². The summed E-state index contributed by atoms with van der Waals surface area (Å²) >= 11 is 3.33. The number of benzene rings is 2. The molecule has 0 saturated carbocycles. The summed E-state index contributed by atoms with van der Waals surface area (Å²) in [4.78, 5) is 12.0. The SMILES string of the molecule is O=C(NN=Cc1ccc2c(c1)OCCO2)c1ccccc1Br. The highest BCUT2D eigenvalue weighted by molar-refractivity contribution is 9.10. The number of hydrogen-bond donors (Lipinski definition) is 1. The van der Waals surface area contributed by atoms with Gasteiger partial charge < -0.3 is 9.47 Å². The van der Waals surface area contributed by atoms with Gasteiger partial charge in [0.25, 0.3) is 5.91 Å². The third-order valence-corrected chi connectivity index (χ3v) is 3.76. The molecule has 3 rings (SSSR count). The average molecular weight is 361 g/mol. The molecule has 1 N–H and O–H groups in total. The van der Waals surface area contributed by atoms with Crippen molar-refractivity contribution >= 4 is 28.1 Å². The molecule has 22 heavy (non-hydrogen) atoms. The molecule has 1 amide bonds. The second kappa shape index (κ2) is 6.62. The monoisotopic (exact) mass is 360 g/mol. The van der Waals surface area contributed by atoms with Crippen molar-refractivity contribution in [3.8, 4) is 11.5 Å². The van der Waals surface area contributed by atoms with Crippen molar-refractivity contribution in [2.24, 2.45) is 5.10 Å². The molecule has 0 bridgehead atoms. The van der Waals surface area contributed by atoms with E-state index in [4.69, 9.17) is 9.47 Å². The predicted molar refractivity (Wildman–Crippen MR) is 86.6 cm³/mol. The van der Waals surface area contributed by atoms with Gasteiger partial charge in [0.15, 0.2) is 11.5 Å². The van der Waals surface area contributed by atoms with E-state index < -0.39 is 0 Å². The summed E-state index contributed by atoms with van der Waals surface area (Å²) in [6, 6.07) is 12.7. The number of ether oxygens (including phenoxy) is 2. The van der Waals surface area contributed by atoms with E-state index in [9.17, 15) is 4.79 Å². The fraction of sp³-hybridized carbons (Fsp3) is 0.125. The second-order valence-corrected chi connectivity index (χ2v) is 5.44. The Kier molecular flexibility index (Phi) is 4.39. The molecular weight excluding hydrogens is 348 g/mol. The van der Waals surface area contributed by atoms with E-state index in [1.54, 1.807) is 24.4 Å². The maximum Gasteiger partial charge on any atom is 0.272 e. The summed E-state index contributed by atoms with van der Waals surface area (Å²) in [7, 11) is 0. The zero-order chi connectivity index (χ0) is 15.4. The first kappa shape index (κ1) is 14.6. The number of nitrogens with zero attached hydrogens (tertiary/aromatic N) is 1. The van der Waals surface area contributed by atoms with Crippen LogP contribution in [0, 0.1) is 0 Å². The summed E-state index contributed by atoms with van der Waals surface area (Å²) in [5, 5.41) is 3.97. The van der Waals surface area contributed by atoms with Crippen molar-refractivity contribution in [3.05, 3.63) is 58.1 Å². The van der Waals surface area contributed by atoms with Gasteiger partial charge in [0, 0.05) is 4.47 Å². The van der Waals surface area contributed by atoms with Crippen LogP contribution in [0.4, 0.5) is 0 Å². The standard InChI is InChI=1S/C16H13BrN2O3/c17-13-4-2-1-3-12(13)16(20)19-18-10-11-5-6-14-15(9-11)22-8-7-21-14/h1-6,9-10H,7-8H2,(H,19,20). The van der Waals surface area contributed by atoms with E-state index in [0.717, 1.165) is 15.8 Å². The highest BCUT2D eigenvalue weighted by atomic mass is 79.9. The van der Waals surface area contributed by atoms with Gasteiger partial charge in [0.05, 0.1) is 11.8 Å². The van der Waals surface area contributed by atoms with Crippen LogP contribution in [-0.4, -0.2) is 25.3 Å². The Bertz CT molecular complexity index is 731. The Morgan fingerprint density at radius 3 is 2.73 bits per heavy atom. The molecule has 112 valence electrons. The van der Waals surface area contributed by atoms with Gasteiger partial charge in [0.2, 0.25) is 0 Å². The number of fused-ring (bicyclic) bond motifs is 1. The van der Waals surface area contributed by atoms with Crippen LogP contribution in [0.5, 0.6) is 11.5 Å². The Labute approximate surface area is 136 Å². The maximum atomic E-state index is 12.0. The van der Waals surface area contributed by atoms with Crippen LogP contribution in [0.15, 0.2) is 52.0 Å². The molecule has 0 unspecified atom stereocenters. The zero-order valence-electron chi connectivity index (χ0n) is 11.6. The van der Waals surface area contributed by atoms with Crippen LogP contribution in [0.3, 0.4) is 0 Å². The third-order valence-electron chi connectivity index (χ3n) is 3.06. The van der Waals surface area contributed by atoms with Gasteiger partial charge in [-0.25, -0.2) is 5.43 Å². The smallest absolute Gasteiger partial charge is 0.272 e. The molecule has 0 aromatic heterocycles. The van der Waals surface area contributed by atoms with Crippen LogP contribution in [0.2, 0.25) is 0 Å². The van der Waals surface area contributed by atoms with Gasteiger partial charge in [-0.05, 0) is 51.8 Å². The van der Waals surface area contributed by atoms with Gasteiger partial charge in [-0.2, -0.15) is 5.10 Å². The minimum atomic E-state index is -0.277. The largest absolute Gasteiger partial charge is 0.486 e. The second-order valence-electron chi connectivity index (χ2n) is 4.58. The number of halogens is 1. The number of hydrogen-bond acceptors (Lipinski definition) is 4. The van der Waals surface area contributed by atoms with E-state index >= 15 is 0 Å². The first-order chi connectivity index (χ1) is 10.7. The molecular formula is C16H13BrN2O3. The lowest BCUT2D eigenvalue weighted by Crippen LogP contribution is -2.18. The van der Waals surface area contributed by atoms with Crippen molar-refractivity contribution in [2.45, 2.75) is 0 Å². The quantitative estimate of drug-likeness (QED) is 0.676. The molecule has 0 spiro atoms. The number of hydrazone groups is 1. The van der Waals surface area contributed by atoms with Crippen molar-refractivity contribution in [2.75, 3.05) is 13.2 Å². The molecule has 0 fully saturated rings. The van der Waals surface area contributed by atoms with E-state index in [1.807, 2.05) is 24.3 Å². The number of amides is 1. The number of carbonyl (C=O) groups is 1. The molecule has 1 aliphatic rings. The fourth-order valence-corrected chi connectivity index (χ4v) is 2.48. The van der Waals surface area contributed by atoms with Crippen molar-refractivity contribution < 1.29 is 14.3 Å². The lowest BCUT2D eigenvalue weighted by Gasteiger charge is -2.18. The molecule has 0 atom stereocenters. The minimum absolute atomic E-state index is 0.277. The van der Waals surface area contributed by atoms with Gasteiger partial charge in [-0.15, -0.1) is 0 Å². The van der Waals surface area contributed by atoms with Gasteiger partial charge in [-0.1, -0.05) is 12.1 Å². The van der Waals surface area contributed by atoms with Gasteiger partial charge in [-0.3, -0.25) is 4.79 Å². The van der Waals surface area contributed by atoms with Crippen molar-refractivity contribution in [1.82, 2.24) is 5.43 Å². The number of rotatable bonds is 3. The van der Waals surface area contributed by atoms with E-state index in [0.29, 0.717) is 24.5 Å². The minimum Gasteiger partial charge on any atom is -0.486 e. The van der Waals surface area contributed by atoms with E-state index in [-0.39, 0.29) is 5.91 Å². The van der Waals surface area contributed by atoms with E-state index in [1.165, 1.54) is 0 Å². The van der Waals surface area contributed by atoms with Crippen LogP contribution in [0.25, 0.3) is 0 Å². The first-order valence-electron chi connectivity index (χ1n) is 6.71. The Hall–Kier alpha value is -2.34. The summed E-state index contributed by atoms with van der Waals surface area (Å²) < 4.78 is 11.7. The molecule has 6 heteroatoms. The summed E-state index contributed by atoms with van der Waals surface area (Å²) in [6.07, 6.45) is 1.56. The van der Waals surface area contributed by atoms with Gasteiger partial charge >= 0.3 is 0 Å². The van der Waals surface area contributed by atoms with Crippen LogP contribution in [-0.2, 0) is 0 Å². The number of carbonyl (C=O) groups excluding carboxylic acids is 1. The zero-order valence-corrected chi connectivity index (χ0v) is 13.2. The number of nitrogens with one attached hydrogen (secondary N) is 1. The predicted octanol–water partition coefficient (Wildman–Crippen LogP) is 2.98. The molecule has 1 aliphatic heterocycles. The summed E-state index contributed by atoms with van der Waals surface area (Å²) in [6.45, 7) is 1.09. The topological polar surface area (TPSA) is 59.9 Å². The molecule has 0 saturated heterocycles. The Morgan fingerprint density at radius 1 is 1.14 bits per heavy atom. The first-order valence-corrected chi connectivity index (χ1v) is 7.51. The lowest BCUT2D eigenvalue weighted by atomic mass is 10.2. The fourth-order valence-electron chi connectivity index (χ4n) is 2.01. The highest BCUT2D eigenvalue weighted by Gasteiger charge is 2.11. The maximum absolute atomic E-state index is 12.0. The van der Waals surface area contributed by atoms with Crippen LogP contribution in [0.1, 0.15) is 15.9 Å². The molecule has 0 aliphatic carbocycles.